The minimum absolute atomic E-state index is 0.0740. The number of carbonyl (C=O) groups is 1. The number of hydrogen-bond donors (Lipinski definition) is 0. The van der Waals surface area contributed by atoms with E-state index in [2.05, 4.69) is 27.7 Å². The second-order valence-electron chi connectivity index (χ2n) is 5.28. The first-order chi connectivity index (χ1) is 11.7. The number of carbonyl (C=O) groups excluding carboxylic acids is 1. The van der Waals surface area contributed by atoms with Crippen molar-refractivity contribution in [3.8, 4) is 5.69 Å². The summed E-state index contributed by atoms with van der Waals surface area (Å²) >= 11 is 1.70. The molecule has 0 radical (unpaired) electrons. The van der Waals surface area contributed by atoms with Crippen LogP contribution in [0.3, 0.4) is 0 Å². The summed E-state index contributed by atoms with van der Waals surface area (Å²) in [6.07, 6.45) is 3.52. The molecular formula is C17H17N5OS. The smallest absolute Gasteiger partial charge is 0.256 e. The normalized spacial score (nSPS) is 10.6. The van der Waals surface area contributed by atoms with Crippen molar-refractivity contribution in [1.82, 2.24) is 25.1 Å². The Kier molecular flexibility index (Phi) is 4.90. The van der Waals surface area contributed by atoms with Gasteiger partial charge >= 0.3 is 0 Å². The van der Waals surface area contributed by atoms with E-state index in [1.807, 2.05) is 36.6 Å². The summed E-state index contributed by atoms with van der Waals surface area (Å²) < 4.78 is 1.49. The van der Waals surface area contributed by atoms with Gasteiger partial charge in [0, 0.05) is 18.5 Å². The molecular weight excluding hydrogens is 322 g/mol. The molecule has 7 heteroatoms. The van der Waals surface area contributed by atoms with E-state index in [9.17, 15) is 4.79 Å². The van der Waals surface area contributed by atoms with E-state index < -0.39 is 0 Å². The number of tetrazole rings is 1. The molecule has 0 aliphatic heterocycles. The molecule has 0 aliphatic carbocycles. The average Bonchev–Trinajstić information content (AvgIpc) is 3.16. The molecule has 0 spiro atoms. The summed E-state index contributed by atoms with van der Waals surface area (Å²) in [6.45, 7) is 0.539. The fourth-order valence-electron chi connectivity index (χ4n) is 2.41. The molecule has 3 rings (SSSR count). The van der Waals surface area contributed by atoms with Crippen molar-refractivity contribution < 1.29 is 4.79 Å². The first-order valence-electron chi connectivity index (χ1n) is 7.40. The number of thioether (sulfide) groups is 1. The summed E-state index contributed by atoms with van der Waals surface area (Å²) in [6, 6.07) is 15.5. The Morgan fingerprint density at radius 2 is 1.92 bits per heavy atom. The minimum atomic E-state index is -0.0740. The van der Waals surface area contributed by atoms with Crippen molar-refractivity contribution in [2.75, 3.05) is 13.3 Å². The third-order valence-corrected chi connectivity index (χ3v) is 4.40. The molecule has 122 valence electrons. The van der Waals surface area contributed by atoms with Crippen molar-refractivity contribution in [2.24, 2.45) is 0 Å². The van der Waals surface area contributed by atoms with Crippen LogP contribution in [-0.4, -0.2) is 44.3 Å². The van der Waals surface area contributed by atoms with Crippen LogP contribution in [0.5, 0.6) is 0 Å². The molecule has 1 amide bonds. The van der Waals surface area contributed by atoms with Gasteiger partial charge in [0.15, 0.2) is 0 Å². The van der Waals surface area contributed by atoms with Crippen molar-refractivity contribution >= 4 is 17.7 Å². The minimum Gasteiger partial charge on any atom is -0.337 e. The van der Waals surface area contributed by atoms with Crippen LogP contribution in [0, 0.1) is 0 Å². The Bertz CT molecular complexity index is 817. The molecule has 0 N–H and O–H groups in total. The highest BCUT2D eigenvalue weighted by Crippen LogP contribution is 2.18. The molecule has 2 aromatic carbocycles. The van der Waals surface area contributed by atoms with Gasteiger partial charge in [-0.1, -0.05) is 24.3 Å². The molecule has 1 aromatic heterocycles. The molecule has 0 saturated carbocycles. The largest absolute Gasteiger partial charge is 0.337 e. The highest BCUT2D eigenvalue weighted by Gasteiger charge is 2.17. The Hall–Kier alpha value is -2.67. The van der Waals surface area contributed by atoms with Crippen LogP contribution in [0.4, 0.5) is 0 Å². The van der Waals surface area contributed by atoms with Gasteiger partial charge < -0.3 is 4.90 Å². The second kappa shape index (κ2) is 7.27. The van der Waals surface area contributed by atoms with E-state index in [0.29, 0.717) is 17.8 Å². The van der Waals surface area contributed by atoms with Crippen LogP contribution in [0.2, 0.25) is 0 Å². The zero-order valence-electron chi connectivity index (χ0n) is 13.5. The Morgan fingerprint density at radius 1 is 1.17 bits per heavy atom. The van der Waals surface area contributed by atoms with Gasteiger partial charge in [0.25, 0.3) is 5.91 Å². The third-order valence-electron chi connectivity index (χ3n) is 3.66. The molecule has 1 heterocycles. The van der Waals surface area contributed by atoms with Crippen molar-refractivity contribution in [2.45, 2.75) is 11.4 Å². The predicted molar refractivity (Wildman–Crippen MR) is 93.2 cm³/mol. The van der Waals surface area contributed by atoms with Gasteiger partial charge in [0.05, 0.1) is 11.3 Å². The highest BCUT2D eigenvalue weighted by molar-refractivity contribution is 7.98. The predicted octanol–water partition coefficient (Wildman–Crippen LogP) is 2.66. The van der Waals surface area contributed by atoms with Gasteiger partial charge in [0.2, 0.25) is 0 Å². The molecule has 24 heavy (non-hydrogen) atoms. The van der Waals surface area contributed by atoms with Crippen LogP contribution >= 0.6 is 11.8 Å². The molecule has 3 aromatic rings. The summed E-state index contributed by atoms with van der Waals surface area (Å²) in [5.74, 6) is -0.0740. The lowest BCUT2D eigenvalue weighted by molar-refractivity contribution is 0.0785. The molecule has 0 atom stereocenters. The fraction of sp³-hybridized carbons (Fsp3) is 0.176. The number of nitrogens with zero attached hydrogens (tertiary/aromatic N) is 5. The first kappa shape index (κ1) is 16.2. The fourth-order valence-corrected chi connectivity index (χ4v) is 2.82. The number of aromatic nitrogens is 4. The number of hydrogen-bond acceptors (Lipinski definition) is 5. The van der Waals surface area contributed by atoms with Gasteiger partial charge in [0.1, 0.15) is 6.33 Å². The highest BCUT2D eigenvalue weighted by atomic mass is 32.2. The monoisotopic (exact) mass is 339 g/mol. The van der Waals surface area contributed by atoms with Crippen LogP contribution < -0.4 is 0 Å². The first-order valence-corrected chi connectivity index (χ1v) is 8.62. The number of benzene rings is 2. The molecule has 0 bridgehead atoms. The molecule has 0 aliphatic rings. The maximum absolute atomic E-state index is 12.8. The van der Waals surface area contributed by atoms with Crippen molar-refractivity contribution in [1.29, 1.82) is 0 Å². The molecule has 0 fully saturated rings. The SMILES string of the molecule is CSc1ccc(CN(C)C(=O)c2ccccc2-n2cnnn2)cc1. The molecule has 0 saturated heterocycles. The number of amides is 1. The standard InChI is InChI=1S/C17H17N5OS/c1-21(11-13-7-9-14(24-2)10-8-13)17(23)15-5-3-4-6-16(15)22-12-18-19-20-22/h3-10,12H,11H2,1-2H3. The lowest BCUT2D eigenvalue weighted by Gasteiger charge is -2.19. The average molecular weight is 339 g/mol. The Balaban J connectivity index is 1.81. The maximum Gasteiger partial charge on any atom is 0.256 e. The third kappa shape index (κ3) is 3.46. The van der Waals surface area contributed by atoms with E-state index in [4.69, 9.17) is 0 Å². The van der Waals surface area contributed by atoms with Crippen molar-refractivity contribution in [3.63, 3.8) is 0 Å². The maximum atomic E-state index is 12.8. The number of rotatable bonds is 5. The summed E-state index contributed by atoms with van der Waals surface area (Å²) in [7, 11) is 1.79. The van der Waals surface area contributed by atoms with Gasteiger partial charge in [-0.15, -0.1) is 16.9 Å². The zero-order chi connectivity index (χ0) is 16.9. The van der Waals surface area contributed by atoms with Gasteiger partial charge in [-0.2, -0.15) is 4.68 Å². The van der Waals surface area contributed by atoms with Gasteiger partial charge in [-0.05, 0) is 46.5 Å². The lowest BCUT2D eigenvalue weighted by Crippen LogP contribution is -2.27. The topological polar surface area (TPSA) is 63.9 Å². The van der Waals surface area contributed by atoms with Crippen LogP contribution in [0.25, 0.3) is 5.69 Å². The Labute approximate surface area is 144 Å². The van der Waals surface area contributed by atoms with Crippen LogP contribution in [-0.2, 0) is 6.54 Å². The van der Waals surface area contributed by atoms with Gasteiger partial charge in [-0.3, -0.25) is 4.79 Å². The quantitative estimate of drug-likeness (QED) is 0.669. The lowest BCUT2D eigenvalue weighted by atomic mass is 10.1. The van der Waals surface area contributed by atoms with Crippen LogP contribution in [0.15, 0.2) is 59.8 Å². The van der Waals surface area contributed by atoms with E-state index in [1.165, 1.54) is 15.9 Å². The molecule has 6 nitrogen and oxygen atoms in total. The second-order valence-corrected chi connectivity index (χ2v) is 6.16. The summed E-state index contributed by atoms with van der Waals surface area (Å²) in [4.78, 5) is 15.7. The summed E-state index contributed by atoms with van der Waals surface area (Å²) in [5, 5.41) is 11.1. The Morgan fingerprint density at radius 3 is 2.58 bits per heavy atom. The zero-order valence-corrected chi connectivity index (χ0v) is 14.3. The van der Waals surface area contributed by atoms with E-state index in [-0.39, 0.29) is 5.91 Å². The molecule has 0 unspecified atom stereocenters. The number of para-hydroxylation sites is 1. The van der Waals surface area contributed by atoms with E-state index in [0.717, 1.165) is 5.56 Å². The van der Waals surface area contributed by atoms with Crippen LogP contribution in [0.1, 0.15) is 15.9 Å². The van der Waals surface area contributed by atoms with Gasteiger partial charge in [-0.25, -0.2) is 0 Å². The summed E-state index contributed by atoms with van der Waals surface area (Å²) in [5.41, 5.74) is 2.31. The van der Waals surface area contributed by atoms with Crippen molar-refractivity contribution in [3.05, 3.63) is 66.0 Å². The van der Waals surface area contributed by atoms with E-state index >= 15 is 0 Å². The van der Waals surface area contributed by atoms with E-state index in [1.54, 1.807) is 29.8 Å².